The zero-order chi connectivity index (χ0) is 13.4. The van der Waals surface area contributed by atoms with E-state index < -0.39 is 10.8 Å². The molecule has 0 amide bonds. The summed E-state index contributed by atoms with van der Waals surface area (Å²) in [5.41, 5.74) is 1.22. The monoisotopic (exact) mass is 269 g/mol. The topological polar surface area (TPSA) is 38.3 Å². The normalized spacial score (nSPS) is 14.2. The van der Waals surface area contributed by atoms with Gasteiger partial charge in [0.2, 0.25) is 0 Å². The van der Waals surface area contributed by atoms with Crippen LogP contribution < -0.4 is 10.1 Å². The molecule has 0 spiro atoms. The molecule has 0 aliphatic heterocycles. The van der Waals surface area contributed by atoms with Crippen molar-refractivity contribution >= 4 is 10.8 Å². The quantitative estimate of drug-likeness (QED) is 0.788. The van der Waals surface area contributed by atoms with Gasteiger partial charge < -0.3 is 10.1 Å². The van der Waals surface area contributed by atoms with E-state index in [-0.39, 0.29) is 6.04 Å². The van der Waals surface area contributed by atoms with E-state index in [1.165, 1.54) is 5.56 Å². The third-order valence-corrected chi connectivity index (χ3v) is 4.10. The first kappa shape index (κ1) is 15.2. The van der Waals surface area contributed by atoms with Crippen LogP contribution in [0.1, 0.15) is 32.4 Å². The van der Waals surface area contributed by atoms with E-state index in [1.807, 2.05) is 26.0 Å². The Morgan fingerprint density at radius 1 is 1.28 bits per heavy atom. The summed E-state index contributed by atoms with van der Waals surface area (Å²) in [4.78, 5) is 0. The minimum atomic E-state index is -0.689. The van der Waals surface area contributed by atoms with Gasteiger partial charge in [0.25, 0.3) is 0 Å². The Labute approximate surface area is 112 Å². The van der Waals surface area contributed by atoms with Crippen molar-refractivity contribution in [2.75, 3.05) is 24.7 Å². The molecular formula is C14H23NO2S. The Hall–Kier alpha value is -0.870. The smallest absolute Gasteiger partial charge is 0.119 e. The van der Waals surface area contributed by atoms with E-state index in [0.29, 0.717) is 6.61 Å². The summed E-state index contributed by atoms with van der Waals surface area (Å²) >= 11 is 0. The highest BCUT2D eigenvalue weighted by Gasteiger charge is 2.05. The maximum atomic E-state index is 11.3. The highest BCUT2D eigenvalue weighted by atomic mass is 32.2. The van der Waals surface area contributed by atoms with Crippen LogP contribution in [0, 0.1) is 0 Å². The van der Waals surface area contributed by atoms with Gasteiger partial charge in [-0.05, 0) is 31.5 Å². The van der Waals surface area contributed by atoms with E-state index >= 15 is 0 Å². The van der Waals surface area contributed by atoms with Crippen LogP contribution in [0.15, 0.2) is 24.3 Å². The lowest BCUT2D eigenvalue weighted by atomic mass is 10.1. The molecule has 1 aromatic carbocycles. The molecule has 0 aliphatic carbocycles. The Kier molecular flexibility index (Phi) is 6.98. The van der Waals surface area contributed by atoms with E-state index in [0.717, 1.165) is 23.8 Å². The van der Waals surface area contributed by atoms with Crippen molar-refractivity contribution in [2.24, 2.45) is 0 Å². The lowest BCUT2D eigenvalue weighted by molar-refractivity contribution is 0.340. The Morgan fingerprint density at radius 2 is 1.94 bits per heavy atom. The molecule has 1 aromatic rings. The van der Waals surface area contributed by atoms with Crippen LogP contribution in [-0.4, -0.2) is 28.9 Å². The predicted octanol–water partition coefficient (Wildman–Crippen LogP) is 2.50. The van der Waals surface area contributed by atoms with Gasteiger partial charge in [0, 0.05) is 34.9 Å². The largest absolute Gasteiger partial charge is 0.494 e. The second-order valence-corrected chi connectivity index (χ2v) is 5.98. The fourth-order valence-electron chi connectivity index (χ4n) is 1.67. The third-order valence-electron chi connectivity index (χ3n) is 2.79. The van der Waals surface area contributed by atoms with Crippen LogP contribution in [0.2, 0.25) is 0 Å². The van der Waals surface area contributed by atoms with Gasteiger partial charge in [0.15, 0.2) is 0 Å². The van der Waals surface area contributed by atoms with Crippen molar-refractivity contribution in [3.8, 4) is 5.75 Å². The van der Waals surface area contributed by atoms with Gasteiger partial charge in [-0.3, -0.25) is 4.21 Å². The van der Waals surface area contributed by atoms with Gasteiger partial charge in [-0.2, -0.15) is 0 Å². The molecule has 0 aliphatic rings. The first-order chi connectivity index (χ1) is 8.67. The molecule has 4 heteroatoms. The average molecular weight is 269 g/mol. The summed E-state index contributed by atoms with van der Waals surface area (Å²) < 4.78 is 16.7. The molecule has 0 saturated carbocycles. The van der Waals surface area contributed by atoms with E-state index in [9.17, 15) is 4.21 Å². The summed E-state index contributed by atoms with van der Waals surface area (Å²) in [7, 11) is -0.689. The maximum Gasteiger partial charge on any atom is 0.119 e. The van der Waals surface area contributed by atoms with Crippen molar-refractivity contribution in [3.05, 3.63) is 29.8 Å². The lowest BCUT2D eigenvalue weighted by Gasteiger charge is -2.14. The number of benzene rings is 1. The molecule has 0 aromatic heterocycles. The summed E-state index contributed by atoms with van der Waals surface area (Å²) in [6.07, 6.45) is 0. The van der Waals surface area contributed by atoms with E-state index in [4.69, 9.17) is 4.74 Å². The van der Waals surface area contributed by atoms with Crippen molar-refractivity contribution in [2.45, 2.75) is 26.8 Å². The Balaban J connectivity index is 2.41. The predicted molar refractivity (Wildman–Crippen MR) is 77.6 cm³/mol. The molecule has 2 unspecified atom stereocenters. The molecule has 1 N–H and O–H groups in total. The minimum Gasteiger partial charge on any atom is -0.494 e. The third kappa shape index (κ3) is 5.19. The van der Waals surface area contributed by atoms with E-state index in [2.05, 4.69) is 24.4 Å². The second kappa shape index (κ2) is 8.27. The summed E-state index contributed by atoms with van der Waals surface area (Å²) in [5.74, 6) is 2.36. The number of hydrogen-bond donors (Lipinski definition) is 1. The van der Waals surface area contributed by atoms with Gasteiger partial charge in [0.05, 0.1) is 6.61 Å². The molecule has 18 heavy (non-hydrogen) atoms. The fourth-order valence-corrected chi connectivity index (χ4v) is 2.31. The first-order valence-corrected chi connectivity index (χ1v) is 7.97. The molecule has 0 fully saturated rings. The van der Waals surface area contributed by atoms with Crippen LogP contribution >= 0.6 is 0 Å². The molecule has 3 nitrogen and oxygen atoms in total. The molecule has 0 heterocycles. The highest BCUT2D eigenvalue weighted by molar-refractivity contribution is 7.84. The van der Waals surface area contributed by atoms with Gasteiger partial charge in [-0.1, -0.05) is 19.1 Å². The zero-order valence-corrected chi connectivity index (χ0v) is 12.3. The van der Waals surface area contributed by atoms with Crippen LogP contribution in [0.3, 0.4) is 0 Å². The summed E-state index contributed by atoms with van der Waals surface area (Å²) in [5, 5.41) is 3.38. The van der Waals surface area contributed by atoms with E-state index in [1.54, 1.807) is 0 Å². The molecule has 1 rings (SSSR count). The summed E-state index contributed by atoms with van der Waals surface area (Å²) in [6, 6.07) is 8.39. The Bertz CT molecular complexity index is 365. The minimum absolute atomic E-state index is 0.273. The van der Waals surface area contributed by atoms with Gasteiger partial charge >= 0.3 is 0 Å². The van der Waals surface area contributed by atoms with Crippen molar-refractivity contribution in [3.63, 3.8) is 0 Å². The van der Waals surface area contributed by atoms with Crippen LogP contribution in [0.4, 0.5) is 0 Å². The van der Waals surface area contributed by atoms with Crippen LogP contribution in [0.25, 0.3) is 0 Å². The lowest BCUT2D eigenvalue weighted by Crippen LogP contribution is -2.24. The summed E-state index contributed by atoms with van der Waals surface area (Å²) in [6.45, 7) is 7.52. The molecule has 0 radical (unpaired) electrons. The molecule has 0 bridgehead atoms. The zero-order valence-electron chi connectivity index (χ0n) is 11.4. The number of ether oxygens (including phenoxy) is 1. The van der Waals surface area contributed by atoms with Gasteiger partial charge in [-0.25, -0.2) is 0 Å². The first-order valence-electron chi connectivity index (χ1n) is 6.48. The number of nitrogens with one attached hydrogen (secondary N) is 1. The van der Waals surface area contributed by atoms with Crippen molar-refractivity contribution in [1.82, 2.24) is 5.32 Å². The van der Waals surface area contributed by atoms with Gasteiger partial charge in [0.1, 0.15) is 5.75 Å². The second-order valence-electron chi connectivity index (χ2n) is 4.11. The average Bonchev–Trinajstić information content (AvgIpc) is 2.39. The molecule has 102 valence electrons. The maximum absolute atomic E-state index is 11.3. The van der Waals surface area contributed by atoms with Crippen molar-refractivity contribution in [1.29, 1.82) is 0 Å². The van der Waals surface area contributed by atoms with Crippen LogP contribution in [-0.2, 0) is 10.8 Å². The number of hydrogen-bond acceptors (Lipinski definition) is 3. The Morgan fingerprint density at radius 3 is 2.50 bits per heavy atom. The molecular weight excluding hydrogens is 246 g/mol. The highest BCUT2D eigenvalue weighted by Crippen LogP contribution is 2.17. The number of rotatable bonds is 8. The SMILES string of the molecule is CCOc1ccc(C(C)NCCS(=O)CC)cc1. The van der Waals surface area contributed by atoms with Gasteiger partial charge in [-0.15, -0.1) is 0 Å². The van der Waals surface area contributed by atoms with Crippen LogP contribution in [0.5, 0.6) is 5.75 Å². The fraction of sp³-hybridized carbons (Fsp3) is 0.571. The molecule has 0 saturated heterocycles. The molecule has 2 atom stereocenters. The standard InChI is InChI=1S/C14H23NO2S/c1-4-17-14-8-6-13(7-9-14)12(3)15-10-11-18(16)5-2/h6-9,12,15H,4-5,10-11H2,1-3H3. The van der Waals surface area contributed by atoms with Crippen molar-refractivity contribution < 1.29 is 8.95 Å².